The largest absolute Gasteiger partial charge is 0.416 e. The lowest BCUT2D eigenvalue weighted by atomic mass is 10.1. The summed E-state index contributed by atoms with van der Waals surface area (Å²) in [5.74, 6) is 0. The van der Waals surface area contributed by atoms with Crippen LogP contribution in [0.5, 0.6) is 0 Å². The highest BCUT2D eigenvalue weighted by atomic mass is 35.5. The molecule has 1 aromatic rings. The maximum Gasteiger partial charge on any atom is 0.416 e. The van der Waals surface area contributed by atoms with Crippen molar-refractivity contribution in [2.45, 2.75) is 11.6 Å². The number of halogens is 4. The summed E-state index contributed by atoms with van der Waals surface area (Å²) in [5, 5.41) is 7.37. The van der Waals surface area contributed by atoms with Crippen LogP contribution in [0.15, 0.2) is 24.3 Å². The number of nitriles is 1. The second-order valence-electron chi connectivity index (χ2n) is 2.61. The van der Waals surface area contributed by atoms with Crippen LogP contribution < -0.4 is 0 Å². The first-order valence-electron chi connectivity index (χ1n) is 3.66. The third-order valence-electron chi connectivity index (χ3n) is 1.62. The second-order valence-corrected chi connectivity index (χ2v) is 3.05. The van der Waals surface area contributed by atoms with E-state index in [1.807, 2.05) is 0 Å². The van der Waals surface area contributed by atoms with E-state index in [0.29, 0.717) is 0 Å². The molecule has 0 saturated heterocycles. The van der Waals surface area contributed by atoms with Crippen molar-refractivity contribution >= 4 is 11.6 Å². The van der Waals surface area contributed by atoms with Crippen LogP contribution in [0.25, 0.3) is 0 Å². The van der Waals surface area contributed by atoms with Gasteiger partial charge in [-0.15, -0.1) is 11.6 Å². The Labute approximate surface area is 83.7 Å². The lowest BCUT2D eigenvalue weighted by Crippen LogP contribution is -2.05. The Hall–Kier alpha value is -1.21. The van der Waals surface area contributed by atoms with Gasteiger partial charge < -0.3 is 0 Å². The average Bonchev–Trinajstić information content (AvgIpc) is 2.15. The third-order valence-corrected chi connectivity index (χ3v) is 1.97. The predicted molar refractivity (Wildman–Crippen MR) is 45.7 cm³/mol. The number of hydrogen-bond acceptors (Lipinski definition) is 1. The first-order chi connectivity index (χ1) is 6.45. The summed E-state index contributed by atoms with van der Waals surface area (Å²) >= 11 is 5.48. The molecule has 1 rings (SSSR count). The number of rotatable bonds is 1. The van der Waals surface area contributed by atoms with Crippen molar-refractivity contribution in [3.8, 4) is 6.07 Å². The lowest BCUT2D eigenvalue weighted by molar-refractivity contribution is -0.137. The number of hydrogen-bond donors (Lipinski definition) is 0. The van der Waals surface area contributed by atoms with Gasteiger partial charge >= 0.3 is 6.18 Å². The topological polar surface area (TPSA) is 23.8 Å². The fraction of sp³-hybridized carbons (Fsp3) is 0.222. The molecule has 0 aliphatic carbocycles. The number of benzene rings is 1. The summed E-state index contributed by atoms with van der Waals surface area (Å²) in [6, 6.07) is 6.08. The summed E-state index contributed by atoms with van der Waals surface area (Å²) in [5.41, 5.74) is -0.639. The Balaban J connectivity index is 3.09. The molecule has 0 saturated carbocycles. The van der Waals surface area contributed by atoms with E-state index in [9.17, 15) is 13.2 Å². The van der Waals surface area contributed by atoms with E-state index in [1.165, 1.54) is 12.1 Å². The van der Waals surface area contributed by atoms with E-state index in [-0.39, 0.29) is 5.56 Å². The molecule has 1 nitrogen and oxygen atoms in total. The van der Waals surface area contributed by atoms with Gasteiger partial charge in [0.25, 0.3) is 0 Å². The van der Waals surface area contributed by atoms with Gasteiger partial charge in [-0.1, -0.05) is 12.1 Å². The third kappa shape index (κ3) is 2.39. The molecule has 1 aromatic carbocycles. The molecular weight excluding hydrogens is 215 g/mol. The molecule has 5 heteroatoms. The van der Waals surface area contributed by atoms with E-state index in [1.54, 1.807) is 6.07 Å². The number of nitrogens with zero attached hydrogens (tertiary/aromatic N) is 1. The summed E-state index contributed by atoms with van der Waals surface area (Å²) in [7, 11) is 0. The molecule has 0 aliphatic rings. The van der Waals surface area contributed by atoms with Gasteiger partial charge in [0, 0.05) is 0 Å². The van der Waals surface area contributed by atoms with Crippen LogP contribution in [-0.2, 0) is 6.18 Å². The van der Waals surface area contributed by atoms with Crippen molar-refractivity contribution < 1.29 is 13.2 Å². The zero-order valence-electron chi connectivity index (χ0n) is 6.85. The SMILES string of the molecule is N#C[C@H](Cl)c1cccc(C(F)(F)F)c1. The van der Waals surface area contributed by atoms with Crippen molar-refractivity contribution in [2.75, 3.05) is 0 Å². The van der Waals surface area contributed by atoms with E-state index in [4.69, 9.17) is 16.9 Å². The van der Waals surface area contributed by atoms with Crippen LogP contribution in [-0.4, -0.2) is 0 Å². The van der Waals surface area contributed by atoms with Crippen LogP contribution >= 0.6 is 11.6 Å². The van der Waals surface area contributed by atoms with Gasteiger partial charge in [-0.3, -0.25) is 0 Å². The summed E-state index contributed by atoms with van der Waals surface area (Å²) in [4.78, 5) is 0. The van der Waals surface area contributed by atoms with Gasteiger partial charge in [-0.05, 0) is 17.7 Å². The van der Waals surface area contributed by atoms with Crippen LogP contribution in [0, 0.1) is 11.3 Å². The smallest absolute Gasteiger partial charge is 0.196 e. The second kappa shape index (κ2) is 3.89. The van der Waals surface area contributed by atoms with Crippen molar-refractivity contribution in [1.82, 2.24) is 0 Å². The molecule has 0 bridgehead atoms. The van der Waals surface area contributed by atoms with E-state index in [0.717, 1.165) is 12.1 Å². The van der Waals surface area contributed by atoms with Crippen molar-refractivity contribution in [3.05, 3.63) is 35.4 Å². The minimum atomic E-state index is -4.40. The van der Waals surface area contributed by atoms with Gasteiger partial charge in [-0.25, -0.2) is 0 Å². The maximum absolute atomic E-state index is 12.2. The minimum absolute atomic E-state index is 0.156. The van der Waals surface area contributed by atoms with E-state index < -0.39 is 17.1 Å². The molecule has 0 heterocycles. The van der Waals surface area contributed by atoms with Gasteiger partial charge in [-0.2, -0.15) is 18.4 Å². The molecule has 0 unspecified atom stereocenters. The highest BCUT2D eigenvalue weighted by Crippen LogP contribution is 2.31. The summed E-state index contributed by atoms with van der Waals surface area (Å²) in [6.45, 7) is 0. The van der Waals surface area contributed by atoms with Crippen LogP contribution in [0.3, 0.4) is 0 Å². The Morgan fingerprint density at radius 3 is 2.50 bits per heavy atom. The molecule has 0 amide bonds. The monoisotopic (exact) mass is 219 g/mol. The van der Waals surface area contributed by atoms with Gasteiger partial charge in [0.05, 0.1) is 11.6 Å². The molecule has 74 valence electrons. The van der Waals surface area contributed by atoms with Crippen LogP contribution in [0.4, 0.5) is 13.2 Å². The zero-order valence-corrected chi connectivity index (χ0v) is 7.60. The normalized spacial score (nSPS) is 13.4. The van der Waals surface area contributed by atoms with Crippen LogP contribution in [0.1, 0.15) is 16.5 Å². The molecule has 0 spiro atoms. The maximum atomic E-state index is 12.2. The van der Waals surface area contributed by atoms with Gasteiger partial charge in [0.2, 0.25) is 0 Å². The number of alkyl halides is 4. The summed E-state index contributed by atoms with van der Waals surface area (Å²) in [6.07, 6.45) is -4.40. The quantitative estimate of drug-likeness (QED) is 0.663. The van der Waals surface area contributed by atoms with Crippen LogP contribution in [0.2, 0.25) is 0 Å². The van der Waals surface area contributed by atoms with E-state index in [2.05, 4.69) is 0 Å². The molecule has 14 heavy (non-hydrogen) atoms. The molecule has 0 N–H and O–H groups in total. The highest BCUT2D eigenvalue weighted by Gasteiger charge is 2.30. The van der Waals surface area contributed by atoms with Gasteiger partial charge in [0.15, 0.2) is 0 Å². The Morgan fingerprint density at radius 1 is 1.36 bits per heavy atom. The van der Waals surface area contributed by atoms with E-state index >= 15 is 0 Å². The standard InChI is InChI=1S/C9H5ClF3N/c10-8(5-14)6-2-1-3-7(4-6)9(11,12)13/h1-4,8H/t8-/m0/s1. The molecule has 0 aliphatic heterocycles. The van der Waals surface area contributed by atoms with Gasteiger partial charge in [0.1, 0.15) is 5.38 Å². The Morgan fingerprint density at radius 2 is 2.00 bits per heavy atom. The van der Waals surface area contributed by atoms with Crippen molar-refractivity contribution in [2.24, 2.45) is 0 Å². The molecule has 0 radical (unpaired) electrons. The minimum Gasteiger partial charge on any atom is -0.196 e. The fourth-order valence-electron chi connectivity index (χ4n) is 0.947. The lowest BCUT2D eigenvalue weighted by Gasteiger charge is -2.08. The summed E-state index contributed by atoms with van der Waals surface area (Å²) < 4.78 is 36.6. The average molecular weight is 220 g/mol. The Kier molecular flexibility index (Phi) is 3.02. The molecule has 0 aromatic heterocycles. The molecule has 0 fully saturated rings. The zero-order chi connectivity index (χ0) is 10.8. The fourth-order valence-corrected chi connectivity index (χ4v) is 1.08. The Bertz CT molecular complexity index is 367. The highest BCUT2D eigenvalue weighted by molar-refractivity contribution is 6.22. The first kappa shape index (κ1) is 10.9. The molecule has 1 atom stereocenters. The van der Waals surface area contributed by atoms with Crippen molar-refractivity contribution in [1.29, 1.82) is 5.26 Å². The first-order valence-corrected chi connectivity index (χ1v) is 4.09. The molecular formula is C9H5ClF3N. The predicted octanol–water partition coefficient (Wildman–Crippen LogP) is 3.51. The van der Waals surface area contributed by atoms with Crippen molar-refractivity contribution in [3.63, 3.8) is 0 Å².